The van der Waals surface area contributed by atoms with E-state index < -0.39 is 10.9 Å². The number of esters is 1. The number of carbonyl (C=O) groups excluding carboxylic acids is 1. The summed E-state index contributed by atoms with van der Waals surface area (Å²) in [5.74, 6) is 0.104. The SMILES string of the molecule is CCC1=CC(C)(C(=O)OCCNSC(F)(F)F)CC(CC)C1. The van der Waals surface area contributed by atoms with Crippen LogP contribution < -0.4 is 4.72 Å². The van der Waals surface area contributed by atoms with Gasteiger partial charge in [-0.2, -0.15) is 13.2 Å². The Kier molecular flexibility index (Phi) is 7.25. The van der Waals surface area contributed by atoms with Gasteiger partial charge in [0.25, 0.3) is 0 Å². The highest BCUT2D eigenvalue weighted by Crippen LogP contribution is 2.40. The van der Waals surface area contributed by atoms with Gasteiger partial charge in [-0.3, -0.25) is 9.52 Å². The molecular weight excluding hydrogens is 315 g/mol. The Morgan fingerprint density at radius 1 is 1.50 bits per heavy atom. The van der Waals surface area contributed by atoms with Gasteiger partial charge in [0.15, 0.2) is 0 Å². The number of nitrogens with one attached hydrogen (secondary N) is 1. The molecule has 0 aliphatic heterocycles. The molecule has 0 aromatic rings. The van der Waals surface area contributed by atoms with Crippen LogP contribution in [0.4, 0.5) is 13.2 Å². The molecule has 1 rings (SSSR count). The maximum Gasteiger partial charge on any atom is 0.456 e. The van der Waals surface area contributed by atoms with Crippen LogP contribution in [0.2, 0.25) is 0 Å². The number of halogens is 3. The molecule has 1 N–H and O–H groups in total. The van der Waals surface area contributed by atoms with Crippen LogP contribution >= 0.6 is 11.9 Å². The molecule has 0 saturated heterocycles. The van der Waals surface area contributed by atoms with Crippen molar-refractivity contribution in [3.8, 4) is 0 Å². The summed E-state index contributed by atoms with van der Waals surface area (Å²) in [5.41, 5.74) is -3.74. The van der Waals surface area contributed by atoms with Gasteiger partial charge in [-0.05, 0) is 32.1 Å². The van der Waals surface area contributed by atoms with E-state index in [0.29, 0.717) is 5.92 Å². The highest BCUT2D eigenvalue weighted by atomic mass is 32.2. The van der Waals surface area contributed by atoms with Crippen LogP contribution in [0.3, 0.4) is 0 Å². The van der Waals surface area contributed by atoms with Gasteiger partial charge in [-0.1, -0.05) is 31.9 Å². The largest absolute Gasteiger partial charge is 0.464 e. The Balaban J connectivity index is 2.49. The predicted octanol–water partition coefficient (Wildman–Crippen LogP) is 4.45. The maximum atomic E-state index is 12.3. The van der Waals surface area contributed by atoms with Gasteiger partial charge < -0.3 is 4.74 Å². The summed E-state index contributed by atoms with van der Waals surface area (Å²) in [6, 6.07) is 0. The van der Waals surface area contributed by atoms with Crippen LogP contribution in [0.25, 0.3) is 0 Å². The second-order valence-corrected chi connectivity index (χ2v) is 6.79. The van der Waals surface area contributed by atoms with Gasteiger partial charge in [-0.15, -0.1) is 0 Å². The summed E-state index contributed by atoms with van der Waals surface area (Å²) in [6.45, 7) is 5.92. The average Bonchev–Trinajstić information content (AvgIpc) is 2.44. The van der Waals surface area contributed by atoms with Crippen LogP contribution in [0.5, 0.6) is 0 Å². The van der Waals surface area contributed by atoms with Crippen molar-refractivity contribution in [2.75, 3.05) is 13.2 Å². The molecule has 0 aromatic carbocycles. The van der Waals surface area contributed by atoms with Gasteiger partial charge in [0.05, 0.1) is 5.41 Å². The Labute approximate surface area is 134 Å². The van der Waals surface area contributed by atoms with E-state index in [4.69, 9.17) is 4.74 Å². The highest BCUT2D eigenvalue weighted by molar-refractivity contribution is 7.98. The fourth-order valence-electron chi connectivity index (χ4n) is 2.77. The topological polar surface area (TPSA) is 38.3 Å². The van der Waals surface area contributed by atoms with Gasteiger partial charge in [0.2, 0.25) is 0 Å². The first-order chi connectivity index (χ1) is 10.2. The number of allylic oxidation sites excluding steroid dienone is 1. The lowest BCUT2D eigenvalue weighted by atomic mass is 9.71. The summed E-state index contributed by atoms with van der Waals surface area (Å²) < 4.78 is 43.1. The molecule has 0 spiro atoms. The molecule has 128 valence electrons. The molecular formula is C15H24F3NO2S. The van der Waals surface area contributed by atoms with Crippen molar-refractivity contribution < 1.29 is 22.7 Å². The average molecular weight is 339 g/mol. The minimum absolute atomic E-state index is 0.0342. The van der Waals surface area contributed by atoms with Gasteiger partial charge in [0.1, 0.15) is 6.61 Å². The lowest BCUT2D eigenvalue weighted by molar-refractivity contribution is -0.153. The first-order valence-electron chi connectivity index (χ1n) is 7.55. The van der Waals surface area contributed by atoms with Crippen LogP contribution in [0, 0.1) is 11.3 Å². The molecule has 0 aromatic heterocycles. The first-order valence-corrected chi connectivity index (χ1v) is 8.37. The molecule has 22 heavy (non-hydrogen) atoms. The van der Waals surface area contributed by atoms with Gasteiger partial charge in [-0.25, -0.2) is 0 Å². The second kappa shape index (κ2) is 8.24. The normalized spacial score (nSPS) is 25.7. The van der Waals surface area contributed by atoms with Crippen molar-refractivity contribution in [1.82, 2.24) is 4.72 Å². The molecule has 7 heteroatoms. The first kappa shape index (κ1) is 19.4. The van der Waals surface area contributed by atoms with E-state index >= 15 is 0 Å². The third kappa shape index (κ3) is 6.20. The molecule has 2 unspecified atom stereocenters. The lowest BCUT2D eigenvalue weighted by Crippen LogP contribution is -2.34. The maximum absolute atomic E-state index is 12.3. The van der Waals surface area contributed by atoms with Crippen LogP contribution in [-0.2, 0) is 9.53 Å². The smallest absolute Gasteiger partial charge is 0.456 e. The quantitative estimate of drug-likeness (QED) is 0.322. The standard InChI is InChI=1S/C15H24F3NO2S/c1-4-11-8-12(5-2)10-14(3,9-11)13(20)21-7-6-19-22-15(16,17)18/h9,12,19H,4-8,10H2,1-3H3. The second-order valence-electron chi connectivity index (χ2n) is 5.83. The third-order valence-electron chi connectivity index (χ3n) is 3.91. The zero-order valence-corrected chi connectivity index (χ0v) is 14.1. The van der Waals surface area contributed by atoms with Crippen molar-refractivity contribution in [2.45, 2.75) is 52.0 Å². The van der Waals surface area contributed by atoms with Crippen molar-refractivity contribution >= 4 is 17.9 Å². The fourth-order valence-corrected chi connectivity index (χ4v) is 3.12. The van der Waals surface area contributed by atoms with E-state index in [1.807, 2.05) is 13.0 Å². The zero-order chi connectivity index (χ0) is 16.8. The van der Waals surface area contributed by atoms with Crippen LogP contribution in [-0.4, -0.2) is 24.6 Å². The minimum atomic E-state index is -4.33. The van der Waals surface area contributed by atoms with E-state index in [-0.39, 0.29) is 31.1 Å². The van der Waals surface area contributed by atoms with E-state index in [0.717, 1.165) is 25.7 Å². The van der Waals surface area contributed by atoms with E-state index in [9.17, 15) is 18.0 Å². The summed E-state index contributed by atoms with van der Waals surface area (Å²) >= 11 is -0.325. The molecule has 1 aliphatic carbocycles. The summed E-state index contributed by atoms with van der Waals surface area (Å²) in [6.07, 6.45) is 5.64. The van der Waals surface area contributed by atoms with E-state index in [1.165, 1.54) is 5.57 Å². The number of hydrogen-bond acceptors (Lipinski definition) is 4. The van der Waals surface area contributed by atoms with Crippen LogP contribution in [0.1, 0.15) is 46.5 Å². The van der Waals surface area contributed by atoms with Gasteiger partial charge in [0, 0.05) is 18.5 Å². The summed E-state index contributed by atoms with van der Waals surface area (Å²) in [4.78, 5) is 12.3. The molecule has 0 bridgehead atoms. The molecule has 2 atom stereocenters. The Hall–Kier alpha value is -0.690. The molecule has 0 radical (unpaired) electrons. The van der Waals surface area contributed by atoms with Gasteiger partial charge >= 0.3 is 11.5 Å². The molecule has 1 aliphatic rings. The molecule has 0 amide bonds. The third-order valence-corrected chi connectivity index (χ3v) is 4.49. The van der Waals surface area contributed by atoms with Crippen molar-refractivity contribution in [3.63, 3.8) is 0 Å². The van der Waals surface area contributed by atoms with Crippen molar-refractivity contribution in [1.29, 1.82) is 0 Å². The summed E-state index contributed by atoms with van der Waals surface area (Å²) in [7, 11) is 0. The van der Waals surface area contributed by atoms with E-state index in [1.54, 1.807) is 0 Å². The fraction of sp³-hybridized carbons (Fsp3) is 0.800. The molecule has 3 nitrogen and oxygen atoms in total. The number of rotatable bonds is 7. The Morgan fingerprint density at radius 3 is 2.73 bits per heavy atom. The lowest BCUT2D eigenvalue weighted by Gasteiger charge is -2.34. The summed E-state index contributed by atoms with van der Waals surface area (Å²) in [5, 5.41) is 0. The Bertz CT molecular complexity index is 412. The van der Waals surface area contributed by atoms with Crippen LogP contribution in [0.15, 0.2) is 11.6 Å². The predicted molar refractivity (Wildman–Crippen MR) is 82.1 cm³/mol. The number of ether oxygens (including phenoxy) is 1. The molecule has 0 fully saturated rings. The Morgan fingerprint density at radius 2 is 2.18 bits per heavy atom. The number of hydrogen-bond donors (Lipinski definition) is 1. The van der Waals surface area contributed by atoms with Crippen molar-refractivity contribution in [3.05, 3.63) is 11.6 Å². The molecule has 0 heterocycles. The minimum Gasteiger partial charge on any atom is -0.464 e. The monoisotopic (exact) mass is 339 g/mol. The molecule has 0 saturated carbocycles. The zero-order valence-electron chi connectivity index (χ0n) is 13.3. The number of alkyl halides is 3. The number of carbonyl (C=O) groups is 1. The highest BCUT2D eigenvalue weighted by Gasteiger charge is 2.38. The van der Waals surface area contributed by atoms with E-state index in [2.05, 4.69) is 18.6 Å². The van der Waals surface area contributed by atoms with Crippen molar-refractivity contribution in [2.24, 2.45) is 11.3 Å².